The number of halogens is 1. The average molecular weight is 268 g/mol. The minimum absolute atomic E-state index is 0.0146. The van der Waals surface area contributed by atoms with E-state index < -0.39 is 9.05 Å². The molecule has 0 aromatic rings. The van der Waals surface area contributed by atoms with E-state index in [1.165, 1.54) is 0 Å². The summed E-state index contributed by atoms with van der Waals surface area (Å²) in [6.45, 7) is 1.72. The zero-order valence-electron chi connectivity index (χ0n) is 8.76. The van der Waals surface area contributed by atoms with Crippen molar-refractivity contribution in [3.8, 4) is 0 Å². The second kappa shape index (κ2) is 4.50. The van der Waals surface area contributed by atoms with Gasteiger partial charge < -0.3 is 9.64 Å². The van der Waals surface area contributed by atoms with E-state index in [1.807, 2.05) is 0 Å². The molecule has 92 valence electrons. The van der Waals surface area contributed by atoms with E-state index in [4.69, 9.17) is 15.4 Å². The predicted octanol–water partition coefficient (Wildman–Crippen LogP) is 0.192. The van der Waals surface area contributed by atoms with E-state index in [0.717, 1.165) is 6.42 Å². The molecule has 0 radical (unpaired) electrons. The van der Waals surface area contributed by atoms with Crippen LogP contribution in [0.15, 0.2) is 0 Å². The molecule has 0 aromatic carbocycles. The Balaban J connectivity index is 1.96. The van der Waals surface area contributed by atoms with Crippen LogP contribution in [0.25, 0.3) is 0 Å². The van der Waals surface area contributed by atoms with Crippen molar-refractivity contribution in [1.29, 1.82) is 0 Å². The topological polar surface area (TPSA) is 63.7 Å². The monoisotopic (exact) mass is 267 g/mol. The second-order valence-electron chi connectivity index (χ2n) is 4.34. The first-order valence-corrected chi connectivity index (χ1v) is 7.73. The minimum atomic E-state index is -3.52. The van der Waals surface area contributed by atoms with Gasteiger partial charge in [0.1, 0.15) is 0 Å². The fourth-order valence-electron chi connectivity index (χ4n) is 2.32. The van der Waals surface area contributed by atoms with Crippen LogP contribution in [0, 0.1) is 5.92 Å². The normalized spacial score (nSPS) is 31.3. The third-order valence-corrected chi connectivity index (χ3v) is 4.27. The third-order valence-electron chi connectivity index (χ3n) is 3.02. The van der Waals surface area contributed by atoms with Crippen molar-refractivity contribution in [2.45, 2.75) is 18.9 Å². The molecule has 2 rings (SSSR count). The SMILES string of the molecule is O=C1CC(CS(=O)(=O)Cl)CN1[C@@H]1CCOC1. The summed E-state index contributed by atoms with van der Waals surface area (Å²) in [6.07, 6.45) is 1.12. The van der Waals surface area contributed by atoms with Gasteiger partial charge in [-0.05, 0) is 6.42 Å². The van der Waals surface area contributed by atoms with Gasteiger partial charge >= 0.3 is 0 Å². The highest BCUT2D eigenvalue weighted by Crippen LogP contribution is 2.25. The molecule has 2 fully saturated rings. The lowest BCUT2D eigenvalue weighted by atomic mass is 10.1. The Kier molecular flexibility index (Phi) is 3.42. The number of nitrogens with zero attached hydrogens (tertiary/aromatic N) is 1. The van der Waals surface area contributed by atoms with Crippen LogP contribution in [0.2, 0.25) is 0 Å². The molecule has 5 nitrogen and oxygen atoms in total. The summed E-state index contributed by atoms with van der Waals surface area (Å²) >= 11 is 0. The van der Waals surface area contributed by atoms with Crippen LogP contribution in [-0.4, -0.2) is 50.8 Å². The molecule has 2 aliphatic heterocycles. The molecule has 2 atom stereocenters. The smallest absolute Gasteiger partial charge is 0.232 e. The number of rotatable bonds is 3. The van der Waals surface area contributed by atoms with Gasteiger partial charge in [0.05, 0.1) is 18.4 Å². The minimum Gasteiger partial charge on any atom is -0.379 e. The first kappa shape index (κ1) is 12.1. The average Bonchev–Trinajstić information content (AvgIpc) is 2.71. The molecular weight excluding hydrogens is 254 g/mol. The fourth-order valence-corrected chi connectivity index (χ4v) is 3.64. The molecule has 1 amide bonds. The molecule has 0 spiro atoms. The largest absolute Gasteiger partial charge is 0.379 e. The predicted molar refractivity (Wildman–Crippen MR) is 58.7 cm³/mol. The van der Waals surface area contributed by atoms with Crippen LogP contribution >= 0.6 is 10.7 Å². The van der Waals surface area contributed by atoms with Crippen molar-refractivity contribution in [2.24, 2.45) is 5.92 Å². The maximum absolute atomic E-state index is 11.7. The Labute approximate surface area is 99.1 Å². The maximum Gasteiger partial charge on any atom is 0.232 e. The van der Waals surface area contributed by atoms with Gasteiger partial charge in [0.2, 0.25) is 15.0 Å². The number of carbonyl (C=O) groups excluding carboxylic acids is 1. The van der Waals surface area contributed by atoms with Crippen LogP contribution in [0.5, 0.6) is 0 Å². The van der Waals surface area contributed by atoms with Crippen molar-refractivity contribution in [3.63, 3.8) is 0 Å². The fraction of sp³-hybridized carbons (Fsp3) is 0.889. The molecule has 2 heterocycles. The van der Waals surface area contributed by atoms with Gasteiger partial charge in [-0.25, -0.2) is 8.42 Å². The first-order chi connectivity index (χ1) is 7.46. The molecular formula is C9H14ClNO4S. The van der Waals surface area contributed by atoms with Crippen LogP contribution in [0.4, 0.5) is 0 Å². The molecule has 2 aliphatic rings. The molecule has 1 unspecified atom stereocenters. The van der Waals surface area contributed by atoms with Gasteiger partial charge in [0.15, 0.2) is 0 Å². The summed E-state index contributed by atoms with van der Waals surface area (Å²) in [6, 6.07) is 0.121. The summed E-state index contributed by atoms with van der Waals surface area (Å²) in [5.41, 5.74) is 0. The van der Waals surface area contributed by atoms with E-state index in [1.54, 1.807) is 4.90 Å². The van der Waals surface area contributed by atoms with Crippen LogP contribution in [0.1, 0.15) is 12.8 Å². The Bertz CT molecular complexity index is 377. The second-order valence-corrected chi connectivity index (χ2v) is 7.16. The van der Waals surface area contributed by atoms with Crippen molar-refractivity contribution >= 4 is 25.6 Å². The third kappa shape index (κ3) is 2.87. The van der Waals surface area contributed by atoms with Gasteiger partial charge in [0.25, 0.3) is 0 Å². The van der Waals surface area contributed by atoms with E-state index in [9.17, 15) is 13.2 Å². The molecule has 0 N–H and O–H groups in total. The van der Waals surface area contributed by atoms with Gasteiger partial charge in [0, 0.05) is 36.2 Å². The van der Waals surface area contributed by atoms with E-state index in [0.29, 0.717) is 19.8 Å². The number of likely N-dealkylation sites (tertiary alicyclic amines) is 1. The van der Waals surface area contributed by atoms with Crippen molar-refractivity contribution in [3.05, 3.63) is 0 Å². The number of carbonyl (C=O) groups is 1. The lowest BCUT2D eigenvalue weighted by molar-refractivity contribution is -0.129. The number of amides is 1. The van der Waals surface area contributed by atoms with Crippen LogP contribution in [-0.2, 0) is 18.6 Å². The highest BCUT2D eigenvalue weighted by Gasteiger charge is 2.37. The Morgan fingerprint density at radius 2 is 2.25 bits per heavy atom. The molecule has 0 aromatic heterocycles. The Morgan fingerprint density at radius 1 is 1.50 bits per heavy atom. The number of hydrogen-bond acceptors (Lipinski definition) is 4. The zero-order chi connectivity index (χ0) is 11.8. The molecule has 16 heavy (non-hydrogen) atoms. The zero-order valence-corrected chi connectivity index (χ0v) is 10.3. The molecule has 0 aliphatic carbocycles. The van der Waals surface area contributed by atoms with Crippen LogP contribution in [0.3, 0.4) is 0 Å². The van der Waals surface area contributed by atoms with E-state index in [2.05, 4.69) is 0 Å². The lowest BCUT2D eigenvalue weighted by Gasteiger charge is -2.22. The maximum atomic E-state index is 11.7. The number of hydrogen-bond donors (Lipinski definition) is 0. The summed E-state index contributed by atoms with van der Waals surface area (Å²) in [7, 11) is 1.67. The Hall–Kier alpha value is -0.330. The van der Waals surface area contributed by atoms with Gasteiger partial charge in [-0.2, -0.15) is 0 Å². The van der Waals surface area contributed by atoms with Crippen LogP contribution < -0.4 is 0 Å². The molecule has 7 heteroatoms. The Morgan fingerprint density at radius 3 is 2.81 bits per heavy atom. The van der Waals surface area contributed by atoms with Crippen molar-refractivity contribution in [2.75, 3.05) is 25.5 Å². The summed E-state index contributed by atoms with van der Waals surface area (Å²) in [5.74, 6) is -0.277. The molecule has 0 bridgehead atoms. The van der Waals surface area contributed by atoms with E-state index in [-0.39, 0.29) is 30.0 Å². The highest BCUT2D eigenvalue weighted by atomic mass is 35.7. The molecule has 0 saturated carbocycles. The summed E-state index contributed by atoms with van der Waals surface area (Å²) in [4.78, 5) is 13.4. The highest BCUT2D eigenvalue weighted by molar-refractivity contribution is 8.13. The van der Waals surface area contributed by atoms with Gasteiger partial charge in [-0.3, -0.25) is 4.79 Å². The summed E-state index contributed by atoms with van der Waals surface area (Å²) < 4.78 is 27.1. The van der Waals surface area contributed by atoms with E-state index >= 15 is 0 Å². The number of ether oxygens (including phenoxy) is 1. The first-order valence-electron chi connectivity index (χ1n) is 5.25. The summed E-state index contributed by atoms with van der Waals surface area (Å²) in [5, 5.41) is 0. The quantitative estimate of drug-likeness (QED) is 0.685. The van der Waals surface area contributed by atoms with Gasteiger partial charge in [-0.1, -0.05) is 0 Å². The van der Waals surface area contributed by atoms with Crippen molar-refractivity contribution in [1.82, 2.24) is 4.90 Å². The van der Waals surface area contributed by atoms with Gasteiger partial charge in [-0.15, -0.1) is 0 Å². The lowest BCUT2D eigenvalue weighted by Crippen LogP contribution is -2.37. The standard InChI is InChI=1S/C9H14ClNO4S/c10-16(13,14)6-7-3-9(12)11(4-7)8-1-2-15-5-8/h7-8H,1-6H2/t7?,8-/m1/s1. The molecule has 2 saturated heterocycles. The van der Waals surface area contributed by atoms with Crippen molar-refractivity contribution < 1.29 is 17.9 Å².